The highest BCUT2D eigenvalue weighted by Gasteiger charge is 2.45. The zero-order valence-corrected chi connectivity index (χ0v) is 14.8. The van der Waals surface area contributed by atoms with Gasteiger partial charge in [-0.3, -0.25) is 19.2 Å². The summed E-state index contributed by atoms with van der Waals surface area (Å²) in [7, 11) is 0. The summed E-state index contributed by atoms with van der Waals surface area (Å²) in [5.74, 6) is -1.19. The van der Waals surface area contributed by atoms with E-state index in [1.165, 1.54) is 0 Å². The van der Waals surface area contributed by atoms with E-state index in [0.717, 1.165) is 9.80 Å². The number of anilines is 2. The van der Waals surface area contributed by atoms with E-state index in [4.69, 9.17) is 0 Å². The van der Waals surface area contributed by atoms with E-state index in [0.29, 0.717) is 34.9 Å². The van der Waals surface area contributed by atoms with Crippen LogP contribution in [0.1, 0.15) is 0 Å². The molecule has 2 aromatic carbocycles. The van der Waals surface area contributed by atoms with Crippen molar-refractivity contribution in [2.24, 2.45) is 0 Å². The number of para-hydroxylation sites is 2. The van der Waals surface area contributed by atoms with Crippen LogP contribution < -0.4 is 9.80 Å². The largest absolute Gasteiger partial charge is 0.298 e. The molecule has 6 nitrogen and oxygen atoms in total. The maximum atomic E-state index is 12.7. The number of nitrogens with zero attached hydrogens (tertiary/aromatic N) is 2. The van der Waals surface area contributed by atoms with Gasteiger partial charge in [-0.05, 0) is 47.8 Å². The monoisotopic (exact) mass is 382 g/mol. The van der Waals surface area contributed by atoms with Crippen molar-refractivity contribution in [1.29, 1.82) is 0 Å². The van der Waals surface area contributed by atoms with E-state index < -0.39 is 22.3 Å². The molecule has 0 atom stereocenters. The first kappa shape index (κ1) is 16.6. The van der Waals surface area contributed by atoms with E-state index in [1.807, 2.05) is 0 Å². The van der Waals surface area contributed by atoms with E-state index in [9.17, 15) is 19.2 Å². The van der Waals surface area contributed by atoms with Gasteiger partial charge < -0.3 is 0 Å². The number of carbonyl (C=O) groups excluding carboxylic acids is 4. The van der Waals surface area contributed by atoms with Crippen LogP contribution in [0.15, 0.2) is 70.5 Å². The Morgan fingerprint density at radius 2 is 0.885 bits per heavy atom. The quantitative estimate of drug-likeness (QED) is 0.731. The lowest BCUT2D eigenvalue weighted by atomic mass is 10.2. The van der Waals surface area contributed by atoms with E-state index in [2.05, 4.69) is 0 Å². The van der Waals surface area contributed by atoms with Gasteiger partial charge in [-0.2, -0.15) is 0 Å². The third kappa shape index (κ3) is 2.63. The van der Waals surface area contributed by atoms with E-state index >= 15 is 0 Å². The summed E-state index contributed by atoms with van der Waals surface area (Å²) in [6.45, 7) is 0. The van der Waals surface area contributed by atoms with Crippen molar-refractivity contribution >= 4 is 57.2 Å². The number of carbonyl (C=O) groups is 4. The number of hydrogen-bond donors (Lipinski definition) is 0. The van der Waals surface area contributed by atoms with Crippen LogP contribution in [-0.2, 0) is 9.59 Å². The Morgan fingerprint density at radius 1 is 0.538 bits per heavy atom. The van der Waals surface area contributed by atoms with Gasteiger partial charge in [-0.15, -0.1) is 0 Å². The summed E-state index contributed by atoms with van der Waals surface area (Å²) in [5, 5.41) is -0.995. The van der Waals surface area contributed by atoms with Gasteiger partial charge in [0.15, 0.2) is 0 Å². The molecule has 0 unspecified atom stereocenters. The number of rotatable bonds is 2. The number of benzene rings is 2. The third-order valence-corrected chi connectivity index (χ3v) is 5.78. The minimum atomic E-state index is -0.593. The summed E-state index contributed by atoms with van der Waals surface area (Å²) in [6, 6.07) is 16.9. The first-order chi connectivity index (χ1) is 12.6. The lowest BCUT2D eigenvalue weighted by molar-refractivity contribution is -0.115. The zero-order chi connectivity index (χ0) is 18.3. The third-order valence-electron chi connectivity index (χ3n) is 3.77. The minimum Gasteiger partial charge on any atom is -0.268 e. The van der Waals surface area contributed by atoms with Crippen LogP contribution in [0.2, 0.25) is 0 Å². The predicted molar refractivity (Wildman–Crippen MR) is 101 cm³/mol. The maximum absolute atomic E-state index is 12.7. The highest BCUT2D eigenvalue weighted by Crippen LogP contribution is 2.44. The Morgan fingerprint density at radius 3 is 1.23 bits per heavy atom. The van der Waals surface area contributed by atoms with Crippen molar-refractivity contribution in [2.75, 3.05) is 9.80 Å². The fourth-order valence-corrected chi connectivity index (χ4v) is 4.48. The molecule has 26 heavy (non-hydrogen) atoms. The molecule has 2 aliphatic heterocycles. The summed E-state index contributed by atoms with van der Waals surface area (Å²) in [5.41, 5.74) is 0.847. The molecule has 0 radical (unpaired) electrons. The highest BCUT2D eigenvalue weighted by atomic mass is 32.2. The highest BCUT2D eigenvalue weighted by molar-refractivity contribution is 8.22. The minimum absolute atomic E-state index is 0.0133. The topological polar surface area (TPSA) is 74.8 Å². The van der Waals surface area contributed by atoms with Crippen LogP contribution in [0.5, 0.6) is 0 Å². The van der Waals surface area contributed by atoms with E-state index in [-0.39, 0.29) is 9.81 Å². The van der Waals surface area contributed by atoms with Gasteiger partial charge >= 0.3 is 0 Å². The molecule has 0 N–H and O–H groups in total. The number of hydrogen-bond acceptors (Lipinski definition) is 6. The summed E-state index contributed by atoms with van der Waals surface area (Å²) >= 11 is 1.35. The number of imide groups is 2. The summed E-state index contributed by atoms with van der Waals surface area (Å²) < 4.78 is 0. The lowest BCUT2D eigenvalue weighted by Gasteiger charge is -2.12. The Balaban J connectivity index is 1.72. The molecule has 0 bridgehead atoms. The molecule has 0 spiro atoms. The Kier molecular flexibility index (Phi) is 4.14. The summed E-state index contributed by atoms with van der Waals surface area (Å²) in [4.78, 5) is 52.1. The molecule has 2 aromatic rings. The van der Waals surface area contributed by atoms with Gasteiger partial charge in [0, 0.05) is 0 Å². The maximum Gasteiger partial charge on any atom is 0.298 e. The second-order valence-corrected chi connectivity index (χ2v) is 7.27. The molecule has 8 heteroatoms. The van der Waals surface area contributed by atoms with Crippen molar-refractivity contribution < 1.29 is 19.2 Å². The van der Waals surface area contributed by atoms with Crippen LogP contribution >= 0.6 is 23.5 Å². The fraction of sp³-hybridized carbons (Fsp3) is 0. The van der Waals surface area contributed by atoms with Crippen LogP contribution in [0, 0.1) is 0 Å². The lowest BCUT2D eigenvalue weighted by Crippen LogP contribution is -2.29. The molecule has 4 rings (SSSR count). The average Bonchev–Trinajstić information content (AvgIpc) is 3.11. The molecule has 2 heterocycles. The normalized spacial score (nSPS) is 20.5. The molecule has 2 saturated heterocycles. The fourth-order valence-electron chi connectivity index (χ4n) is 2.61. The molecule has 0 aromatic heterocycles. The molecular weight excluding hydrogens is 372 g/mol. The second kappa shape index (κ2) is 6.47. The van der Waals surface area contributed by atoms with Crippen molar-refractivity contribution in [2.45, 2.75) is 0 Å². The standard InChI is InChI=1S/C18H10N2O4S2/c21-15-13(25-17(23)19(15)11-7-3-1-4-8-11)14-16(22)20(18(24)26-14)12-9-5-2-6-10-12/h1-10H. The molecular formula is C18H10N2O4S2. The van der Waals surface area contributed by atoms with E-state index in [1.54, 1.807) is 60.7 Å². The smallest absolute Gasteiger partial charge is 0.268 e. The van der Waals surface area contributed by atoms with Crippen LogP contribution in [0.25, 0.3) is 0 Å². The molecule has 128 valence electrons. The predicted octanol–water partition coefficient (Wildman–Crippen LogP) is 4.00. The molecule has 2 aliphatic rings. The van der Waals surface area contributed by atoms with Crippen molar-refractivity contribution in [1.82, 2.24) is 0 Å². The van der Waals surface area contributed by atoms with Gasteiger partial charge in [-0.25, -0.2) is 9.80 Å². The van der Waals surface area contributed by atoms with Gasteiger partial charge in [0.05, 0.1) is 11.4 Å². The molecule has 4 amide bonds. The van der Waals surface area contributed by atoms with Gasteiger partial charge in [-0.1, -0.05) is 36.4 Å². The zero-order valence-electron chi connectivity index (χ0n) is 13.1. The SMILES string of the molecule is O=C1SC(=C2SC(=O)N(c3ccccc3)C2=O)C(=O)N1c1ccccc1. The number of thioether (sulfide) groups is 2. The Hall–Kier alpha value is -2.84. The molecule has 0 aliphatic carbocycles. The summed E-state index contributed by atoms with van der Waals surface area (Å²) in [6.07, 6.45) is 0. The number of amides is 4. The van der Waals surface area contributed by atoms with Crippen LogP contribution in [0.3, 0.4) is 0 Å². The molecule has 2 fully saturated rings. The molecule has 0 saturated carbocycles. The van der Waals surface area contributed by atoms with Gasteiger partial charge in [0.2, 0.25) is 0 Å². The Labute approximate surface area is 156 Å². The second-order valence-electron chi connectivity index (χ2n) is 5.35. The van der Waals surface area contributed by atoms with Gasteiger partial charge in [0.1, 0.15) is 9.81 Å². The van der Waals surface area contributed by atoms with Crippen LogP contribution in [-0.4, -0.2) is 22.3 Å². The van der Waals surface area contributed by atoms with Crippen molar-refractivity contribution in [3.8, 4) is 0 Å². The van der Waals surface area contributed by atoms with Crippen molar-refractivity contribution in [3.05, 3.63) is 70.5 Å². The average molecular weight is 382 g/mol. The first-order valence-electron chi connectivity index (χ1n) is 7.55. The van der Waals surface area contributed by atoms with Crippen LogP contribution in [0.4, 0.5) is 21.0 Å². The van der Waals surface area contributed by atoms with Crippen molar-refractivity contribution in [3.63, 3.8) is 0 Å². The van der Waals surface area contributed by atoms with Gasteiger partial charge in [0.25, 0.3) is 22.3 Å². The first-order valence-corrected chi connectivity index (χ1v) is 9.18. The Bertz CT molecular complexity index is 894.